The van der Waals surface area contributed by atoms with Gasteiger partial charge in [0.1, 0.15) is 5.60 Å². The summed E-state index contributed by atoms with van der Waals surface area (Å²) < 4.78 is 105. The molecule has 1 amide bonds. The molecule has 0 aliphatic carbocycles. The van der Waals surface area contributed by atoms with Crippen molar-refractivity contribution in [3.63, 3.8) is 0 Å². The molecule has 0 spiro atoms. The summed E-state index contributed by atoms with van der Waals surface area (Å²) in [5.74, 6) is 0. The normalized spacial score (nSPS) is 14.0. The van der Waals surface area contributed by atoms with Crippen LogP contribution in [-0.2, 0) is 20.5 Å². The third kappa shape index (κ3) is 4.86. The Morgan fingerprint density at radius 3 is 1.68 bits per heavy atom. The van der Waals surface area contributed by atoms with E-state index in [1.807, 2.05) is 0 Å². The molecule has 0 aliphatic rings. The van der Waals surface area contributed by atoms with E-state index >= 15 is 0 Å². The van der Waals surface area contributed by atoms with Gasteiger partial charge in [0.2, 0.25) is 0 Å². The molecule has 0 aliphatic heterocycles. The highest BCUT2D eigenvalue weighted by Gasteiger charge is 2.71. The number of ether oxygens (including phenoxy) is 1. The second-order valence-corrected chi connectivity index (χ2v) is 7.94. The lowest BCUT2D eigenvalue weighted by Gasteiger charge is -2.33. The van der Waals surface area contributed by atoms with E-state index < -0.39 is 51.1 Å². The summed E-state index contributed by atoms with van der Waals surface area (Å²) in [6.45, 7) is 4.13. The number of alkyl halides is 6. The van der Waals surface area contributed by atoms with Gasteiger partial charge in [-0.1, -0.05) is 12.1 Å². The maximum atomic E-state index is 12.9. The average Bonchev–Trinajstić information content (AvgIpc) is 2.41. The van der Waals surface area contributed by atoms with Gasteiger partial charge in [-0.3, -0.25) is 0 Å². The third-order valence-electron chi connectivity index (χ3n) is 3.15. The van der Waals surface area contributed by atoms with E-state index in [9.17, 15) is 44.7 Å². The highest BCUT2D eigenvalue weighted by atomic mass is 32.2. The molecule has 0 saturated heterocycles. The fourth-order valence-corrected chi connectivity index (χ4v) is 2.65. The van der Waals surface area contributed by atoms with Crippen LogP contribution in [0.25, 0.3) is 0 Å². The van der Waals surface area contributed by atoms with E-state index in [1.165, 1.54) is 20.8 Å². The summed E-state index contributed by atoms with van der Waals surface area (Å²) in [4.78, 5) is 12.0. The van der Waals surface area contributed by atoms with Crippen LogP contribution in [0.4, 0.5) is 36.8 Å². The first-order valence-corrected chi connectivity index (χ1v) is 8.74. The Kier molecular flexibility index (Phi) is 6.06. The molecule has 0 saturated carbocycles. The van der Waals surface area contributed by atoms with Crippen LogP contribution in [0, 0.1) is 0 Å². The summed E-state index contributed by atoms with van der Waals surface area (Å²) in [7, 11) is -4.84. The highest BCUT2D eigenvalue weighted by Crippen LogP contribution is 2.50. The molecule has 28 heavy (non-hydrogen) atoms. The first-order chi connectivity index (χ1) is 12.2. The van der Waals surface area contributed by atoms with Gasteiger partial charge in [0, 0.05) is 5.56 Å². The maximum Gasteiger partial charge on any atom is 0.430 e. The number of amides is 1. The summed E-state index contributed by atoms with van der Waals surface area (Å²) in [6, 6.07) is 1.20. The highest BCUT2D eigenvalue weighted by molar-refractivity contribution is 7.91. The minimum Gasteiger partial charge on any atom is -0.443 e. The number of benzene rings is 1. The summed E-state index contributed by atoms with van der Waals surface area (Å²) >= 11 is 0. The van der Waals surface area contributed by atoms with Crippen molar-refractivity contribution in [1.82, 2.24) is 0 Å². The van der Waals surface area contributed by atoms with E-state index in [2.05, 4.69) is 0 Å². The molecule has 0 unspecified atom stereocenters. The van der Waals surface area contributed by atoms with E-state index in [0.717, 1.165) is 0 Å². The molecule has 0 atom stereocenters. The second-order valence-electron chi connectivity index (χ2n) is 6.54. The van der Waals surface area contributed by atoms with Crippen LogP contribution in [0.3, 0.4) is 0 Å². The topological polar surface area (TPSA) is 110 Å². The van der Waals surface area contributed by atoms with Gasteiger partial charge in [-0.2, -0.15) is 39.1 Å². The molecule has 0 heterocycles. The van der Waals surface area contributed by atoms with Crippen LogP contribution >= 0.6 is 0 Å². The lowest BCUT2D eigenvalue weighted by Crippen LogP contribution is -2.53. The zero-order valence-electron chi connectivity index (χ0n) is 14.6. The molecule has 1 aromatic carbocycles. The Morgan fingerprint density at radius 2 is 1.39 bits per heavy atom. The van der Waals surface area contributed by atoms with Crippen molar-refractivity contribution in [3.05, 3.63) is 29.8 Å². The predicted molar refractivity (Wildman–Crippen MR) is 84.3 cm³/mol. The SMILES string of the molecule is CC(C)(C)OC(=O)N(c1ccc(C(O)(C(F)(F)F)C(F)(F)F)cc1)S(N)(=O)=O. The molecule has 7 nitrogen and oxygen atoms in total. The van der Waals surface area contributed by atoms with Crippen LogP contribution in [-0.4, -0.2) is 37.6 Å². The lowest BCUT2D eigenvalue weighted by atomic mass is 9.92. The number of hydrogen-bond acceptors (Lipinski definition) is 5. The summed E-state index contributed by atoms with van der Waals surface area (Å²) in [5.41, 5.74) is -8.74. The van der Waals surface area contributed by atoms with Crippen molar-refractivity contribution in [2.75, 3.05) is 4.31 Å². The zero-order valence-corrected chi connectivity index (χ0v) is 15.4. The number of anilines is 1. The first-order valence-electron chi connectivity index (χ1n) is 7.24. The largest absolute Gasteiger partial charge is 0.443 e. The van der Waals surface area contributed by atoms with Crippen molar-refractivity contribution in [2.45, 2.75) is 44.3 Å². The Bertz CT molecular complexity index is 814. The van der Waals surface area contributed by atoms with E-state index in [0.29, 0.717) is 12.1 Å². The minimum absolute atomic E-state index is 0.151. The predicted octanol–water partition coefficient (Wildman–Crippen LogP) is 2.94. The van der Waals surface area contributed by atoms with E-state index in [4.69, 9.17) is 9.88 Å². The quantitative estimate of drug-likeness (QED) is 0.706. The Labute approximate surface area is 155 Å². The molecule has 0 aromatic heterocycles. The van der Waals surface area contributed by atoms with Crippen molar-refractivity contribution in [3.8, 4) is 0 Å². The van der Waals surface area contributed by atoms with E-state index in [-0.39, 0.29) is 16.4 Å². The van der Waals surface area contributed by atoms with Gasteiger partial charge in [0.15, 0.2) is 0 Å². The number of hydrogen-bond donors (Lipinski definition) is 2. The van der Waals surface area contributed by atoms with Gasteiger partial charge in [-0.25, -0.2) is 9.93 Å². The van der Waals surface area contributed by atoms with Gasteiger partial charge in [-0.05, 0) is 32.9 Å². The van der Waals surface area contributed by atoms with E-state index in [1.54, 1.807) is 0 Å². The molecule has 0 radical (unpaired) electrons. The number of carbonyl (C=O) groups excluding carboxylic acids is 1. The molecular weight excluding hydrogens is 422 g/mol. The number of carbonyl (C=O) groups is 1. The standard InChI is InChI=1S/C14H16F6N2O5S/c1-11(2,3)27-10(23)22(28(21,25)26)9-6-4-8(5-7-9)12(24,13(15,16)17)14(18,19)20/h4-7,24H,1-3H3,(H2,21,25,26). The van der Waals surface area contributed by atoms with Crippen LogP contribution in [0.2, 0.25) is 0 Å². The fourth-order valence-electron chi connectivity index (χ4n) is 1.99. The van der Waals surface area contributed by atoms with Gasteiger partial charge in [-0.15, -0.1) is 0 Å². The maximum absolute atomic E-state index is 12.9. The van der Waals surface area contributed by atoms with Crippen molar-refractivity contribution < 1.29 is 49.4 Å². The molecule has 14 heteroatoms. The number of halogens is 6. The van der Waals surface area contributed by atoms with Gasteiger partial charge >= 0.3 is 28.7 Å². The number of nitrogens with zero attached hydrogens (tertiary/aromatic N) is 1. The van der Waals surface area contributed by atoms with Gasteiger partial charge in [0.05, 0.1) is 5.69 Å². The van der Waals surface area contributed by atoms with Crippen LogP contribution in [0.5, 0.6) is 0 Å². The molecule has 3 N–H and O–H groups in total. The zero-order chi connectivity index (χ0) is 22.3. The smallest absolute Gasteiger partial charge is 0.430 e. The second kappa shape index (κ2) is 7.08. The van der Waals surface area contributed by atoms with Gasteiger partial charge < -0.3 is 9.84 Å². The van der Waals surface area contributed by atoms with Gasteiger partial charge in [0.25, 0.3) is 5.60 Å². The molecule has 0 fully saturated rings. The lowest BCUT2D eigenvalue weighted by molar-refractivity contribution is -0.376. The Morgan fingerprint density at radius 1 is 1.00 bits per heavy atom. The van der Waals surface area contributed by atoms with Crippen molar-refractivity contribution in [2.24, 2.45) is 5.14 Å². The minimum atomic E-state index is -6.13. The molecule has 1 rings (SSSR count). The van der Waals surface area contributed by atoms with Crippen LogP contribution < -0.4 is 9.44 Å². The third-order valence-corrected chi connectivity index (χ3v) is 4.02. The summed E-state index contributed by atoms with van der Waals surface area (Å²) in [6.07, 6.45) is -13.8. The number of nitrogens with two attached hydrogens (primary N) is 1. The number of aliphatic hydroxyl groups is 1. The van der Waals surface area contributed by atoms with Crippen molar-refractivity contribution in [1.29, 1.82) is 0 Å². The Hall–Kier alpha value is -2.06. The molecule has 160 valence electrons. The van der Waals surface area contributed by atoms with Crippen molar-refractivity contribution >= 4 is 22.0 Å². The Balaban J connectivity index is 3.48. The first kappa shape index (κ1) is 24.0. The molecule has 1 aromatic rings. The van der Waals surface area contributed by atoms with Crippen LogP contribution in [0.1, 0.15) is 26.3 Å². The fraction of sp³-hybridized carbons (Fsp3) is 0.500. The number of rotatable bonds is 3. The monoisotopic (exact) mass is 438 g/mol. The molecule has 0 bridgehead atoms. The summed E-state index contributed by atoms with van der Waals surface area (Å²) in [5, 5.41) is 14.2. The molecular formula is C14H16F6N2O5S. The average molecular weight is 438 g/mol. The van der Waals surface area contributed by atoms with Crippen LogP contribution in [0.15, 0.2) is 24.3 Å².